The number of rotatable bonds is 5. The SMILES string of the molecule is CCN(C(=O)Cn1c(=O)nc(-c2ccccc2)c2ccccc21)c1cccc(C)c1. The van der Waals surface area contributed by atoms with E-state index >= 15 is 0 Å². The van der Waals surface area contributed by atoms with Gasteiger partial charge in [0.2, 0.25) is 5.91 Å². The number of amides is 1. The Labute approximate surface area is 175 Å². The van der Waals surface area contributed by atoms with Gasteiger partial charge in [-0.1, -0.05) is 60.7 Å². The van der Waals surface area contributed by atoms with E-state index in [2.05, 4.69) is 4.98 Å². The van der Waals surface area contributed by atoms with Crippen LogP contribution in [0.25, 0.3) is 22.2 Å². The number of hydrogen-bond donors (Lipinski definition) is 0. The summed E-state index contributed by atoms with van der Waals surface area (Å²) in [5.41, 5.74) is 3.68. The van der Waals surface area contributed by atoms with Crippen molar-refractivity contribution in [3.63, 3.8) is 0 Å². The molecule has 0 unspecified atom stereocenters. The van der Waals surface area contributed by atoms with Crippen LogP contribution in [0.5, 0.6) is 0 Å². The standard InChI is InChI=1S/C25H23N3O2/c1-3-27(20-13-9-10-18(2)16-20)23(29)17-28-22-15-8-7-14-21(22)24(26-25(28)30)19-11-5-4-6-12-19/h4-16H,3,17H2,1-2H3. The van der Waals surface area contributed by atoms with Crippen molar-refractivity contribution in [2.75, 3.05) is 11.4 Å². The van der Waals surface area contributed by atoms with Crippen LogP contribution in [-0.4, -0.2) is 22.0 Å². The molecule has 0 saturated heterocycles. The molecule has 0 aliphatic heterocycles. The summed E-state index contributed by atoms with van der Waals surface area (Å²) in [4.78, 5) is 32.1. The van der Waals surface area contributed by atoms with E-state index in [0.717, 1.165) is 22.2 Å². The van der Waals surface area contributed by atoms with Crippen LogP contribution in [0.1, 0.15) is 12.5 Å². The number of carbonyl (C=O) groups excluding carboxylic acids is 1. The van der Waals surface area contributed by atoms with Crippen molar-refractivity contribution in [2.45, 2.75) is 20.4 Å². The van der Waals surface area contributed by atoms with E-state index in [4.69, 9.17) is 0 Å². The zero-order valence-corrected chi connectivity index (χ0v) is 17.1. The Bertz CT molecular complexity index is 1260. The van der Waals surface area contributed by atoms with Crippen LogP contribution in [-0.2, 0) is 11.3 Å². The van der Waals surface area contributed by atoms with Gasteiger partial charge in [-0.05, 0) is 37.6 Å². The largest absolute Gasteiger partial charge is 0.349 e. The van der Waals surface area contributed by atoms with Crippen LogP contribution in [0.15, 0.2) is 83.7 Å². The Kier molecular flexibility index (Phi) is 5.44. The lowest BCUT2D eigenvalue weighted by molar-refractivity contribution is -0.119. The molecule has 0 bridgehead atoms. The van der Waals surface area contributed by atoms with Gasteiger partial charge in [-0.15, -0.1) is 0 Å². The number of aryl methyl sites for hydroxylation is 1. The number of fused-ring (bicyclic) bond motifs is 1. The molecule has 1 amide bonds. The Morgan fingerprint density at radius 1 is 0.967 bits per heavy atom. The molecule has 0 aliphatic rings. The highest BCUT2D eigenvalue weighted by Crippen LogP contribution is 2.25. The molecule has 5 nitrogen and oxygen atoms in total. The van der Waals surface area contributed by atoms with Crippen LogP contribution in [0.2, 0.25) is 0 Å². The molecule has 1 heterocycles. The molecule has 1 aromatic heterocycles. The average molecular weight is 397 g/mol. The lowest BCUT2D eigenvalue weighted by atomic mass is 10.1. The van der Waals surface area contributed by atoms with Crippen molar-refractivity contribution in [1.82, 2.24) is 9.55 Å². The first-order chi connectivity index (χ1) is 14.6. The van der Waals surface area contributed by atoms with E-state index in [-0.39, 0.29) is 12.5 Å². The minimum Gasteiger partial charge on any atom is -0.311 e. The van der Waals surface area contributed by atoms with Gasteiger partial charge in [-0.25, -0.2) is 4.79 Å². The number of nitrogens with zero attached hydrogens (tertiary/aromatic N) is 3. The van der Waals surface area contributed by atoms with Gasteiger partial charge in [0, 0.05) is 23.2 Å². The number of para-hydroxylation sites is 1. The molecule has 4 rings (SSSR count). The topological polar surface area (TPSA) is 55.2 Å². The van der Waals surface area contributed by atoms with Crippen LogP contribution in [0.4, 0.5) is 5.69 Å². The van der Waals surface area contributed by atoms with Crippen LogP contribution < -0.4 is 10.6 Å². The third kappa shape index (κ3) is 3.74. The maximum Gasteiger partial charge on any atom is 0.349 e. The van der Waals surface area contributed by atoms with Gasteiger partial charge >= 0.3 is 5.69 Å². The monoisotopic (exact) mass is 397 g/mol. The molecule has 0 saturated carbocycles. The first kappa shape index (κ1) is 19.6. The summed E-state index contributed by atoms with van der Waals surface area (Å²) in [5, 5.41) is 0.842. The van der Waals surface area contributed by atoms with Crippen LogP contribution in [0.3, 0.4) is 0 Å². The summed E-state index contributed by atoms with van der Waals surface area (Å²) in [6, 6.07) is 25.0. The number of aromatic nitrogens is 2. The van der Waals surface area contributed by atoms with E-state index < -0.39 is 5.69 Å². The summed E-state index contributed by atoms with van der Waals surface area (Å²) >= 11 is 0. The Morgan fingerprint density at radius 2 is 1.70 bits per heavy atom. The van der Waals surface area contributed by atoms with Gasteiger partial charge < -0.3 is 4.90 Å². The quantitative estimate of drug-likeness (QED) is 0.501. The number of anilines is 1. The van der Waals surface area contributed by atoms with Crippen molar-refractivity contribution in [1.29, 1.82) is 0 Å². The molecule has 30 heavy (non-hydrogen) atoms. The lowest BCUT2D eigenvalue weighted by Gasteiger charge is -2.22. The minimum atomic E-state index is -0.429. The summed E-state index contributed by atoms with van der Waals surface area (Å²) in [6.07, 6.45) is 0. The van der Waals surface area contributed by atoms with Gasteiger partial charge in [-0.3, -0.25) is 9.36 Å². The third-order valence-corrected chi connectivity index (χ3v) is 5.16. The number of hydrogen-bond acceptors (Lipinski definition) is 3. The molecule has 0 fully saturated rings. The van der Waals surface area contributed by atoms with Crippen molar-refractivity contribution in [2.24, 2.45) is 0 Å². The average Bonchev–Trinajstić information content (AvgIpc) is 2.77. The van der Waals surface area contributed by atoms with Crippen LogP contribution >= 0.6 is 0 Å². The highest BCUT2D eigenvalue weighted by molar-refractivity contribution is 5.96. The first-order valence-corrected chi connectivity index (χ1v) is 10.0. The fourth-order valence-electron chi connectivity index (χ4n) is 3.72. The molecule has 0 atom stereocenters. The van der Waals surface area contributed by atoms with E-state index in [9.17, 15) is 9.59 Å². The zero-order chi connectivity index (χ0) is 21.1. The third-order valence-electron chi connectivity index (χ3n) is 5.16. The van der Waals surface area contributed by atoms with Gasteiger partial charge in [-0.2, -0.15) is 4.98 Å². The number of likely N-dealkylation sites (N-methyl/N-ethyl adjacent to an activating group) is 1. The lowest BCUT2D eigenvalue weighted by Crippen LogP contribution is -2.37. The smallest absolute Gasteiger partial charge is 0.311 e. The van der Waals surface area contributed by atoms with Crippen molar-refractivity contribution in [3.8, 4) is 11.3 Å². The minimum absolute atomic E-state index is 0.0663. The van der Waals surface area contributed by atoms with E-state index in [1.807, 2.05) is 92.7 Å². The molecule has 0 N–H and O–H groups in total. The molecule has 150 valence electrons. The highest BCUT2D eigenvalue weighted by atomic mass is 16.2. The Morgan fingerprint density at radius 3 is 2.43 bits per heavy atom. The van der Waals surface area contributed by atoms with Crippen molar-refractivity contribution in [3.05, 3.63) is 94.9 Å². The molecule has 5 heteroatoms. The van der Waals surface area contributed by atoms with Gasteiger partial charge in [0.1, 0.15) is 6.54 Å². The molecule has 3 aromatic carbocycles. The molecule has 0 spiro atoms. The zero-order valence-electron chi connectivity index (χ0n) is 17.1. The van der Waals surface area contributed by atoms with E-state index in [0.29, 0.717) is 17.8 Å². The second-order valence-corrected chi connectivity index (χ2v) is 7.19. The van der Waals surface area contributed by atoms with Crippen molar-refractivity contribution >= 4 is 22.5 Å². The van der Waals surface area contributed by atoms with E-state index in [1.54, 1.807) is 4.90 Å². The second-order valence-electron chi connectivity index (χ2n) is 7.19. The predicted molar refractivity (Wildman–Crippen MR) is 121 cm³/mol. The molecule has 0 radical (unpaired) electrons. The molecular weight excluding hydrogens is 374 g/mol. The normalized spacial score (nSPS) is 10.9. The van der Waals surface area contributed by atoms with E-state index in [1.165, 1.54) is 4.57 Å². The van der Waals surface area contributed by atoms with Gasteiger partial charge in [0.15, 0.2) is 0 Å². The second kappa shape index (κ2) is 8.33. The maximum atomic E-state index is 13.1. The van der Waals surface area contributed by atoms with Gasteiger partial charge in [0.25, 0.3) is 0 Å². The molecular formula is C25H23N3O2. The molecule has 0 aliphatic carbocycles. The van der Waals surface area contributed by atoms with Crippen LogP contribution in [0, 0.1) is 6.92 Å². The predicted octanol–water partition coefficient (Wildman–Crippen LogP) is 4.43. The summed E-state index contributed by atoms with van der Waals surface area (Å²) in [5.74, 6) is -0.149. The summed E-state index contributed by atoms with van der Waals surface area (Å²) in [6.45, 7) is 4.37. The fourth-order valence-corrected chi connectivity index (χ4v) is 3.72. The maximum absolute atomic E-state index is 13.1. The summed E-state index contributed by atoms with van der Waals surface area (Å²) < 4.78 is 1.46. The molecule has 4 aromatic rings. The number of benzene rings is 3. The Balaban J connectivity index is 1.77. The van der Waals surface area contributed by atoms with Crippen molar-refractivity contribution < 1.29 is 4.79 Å². The summed E-state index contributed by atoms with van der Waals surface area (Å²) in [7, 11) is 0. The first-order valence-electron chi connectivity index (χ1n) is 10.0. The highest BCUT2D eigenvalue weighted by Gasteiger charge is 2.18. The Hall–Kier alpha value is -3.73. The number of carbonyl (C=O) groups is 1. The van der Waals surface area contributed by atoms with Gasteiger partial charge in [0.05, 0.1) is 11.2 Å². The fraction of sp³-hybridized carbons (Fsp3) is 0.160.